The lowest BCUT2D eigenvalue weighted by Crippen LogP contribution is -2.48. The fourth-order valence-corrected chi connectivity index (χ4v) is 4.83. The Bertz CT molecular complexity index is 1020. The standard InChI is InChI=1S/C25H28FN3O3/c1-18-5-4-6-19(15-18)22-16-23(20-7-2-3-8-21(20)26)29(27-22)24(30)17-28-11-9-25(10-12-28)31-13-14-32-25/h2-8,15,23H,9-14,16-17H2,1H3/t23-/m1/s1. The van der Waals surface area contributed by atoms with Crippen molar-refractivity contribution >= 4 is 11.6 Å². The normalized spacial score (nSPS) is 23.0. The van der Waals surface area contributed by atoms with Gasteiger partial charge in [-0.1, -0.05) is 48.0 Å². The molecule has 0 aromatic heterocycles. The van der Waals surface area contributed by atoms with Crippen LogP contribution < -0.4 is 0 Å². The van der Waals surface area contributed by atoms with Crippen molar-refractivity contribution in [1.82, 2.24) is 9.91 Å². The first-order valence-corrected chi connectivity index (χ1v) is 11.2. The molecule has 32 heavy (non-hydrogen) atoms. The fourth-order valence-electron chi connectivity index (χ4n) is 4.83. The Morgan fingerprint density at radius 1 is 1.12 bits per heavy atom. The second-order valence-electron chi connectivity index (χ2n) is 8.78. The molecule has 7 heteroatoms. The lowest BCUT2D eigenvalue weighted by Gasteiger charge is -2.37. The van der Waals surface area contributed by atoms with E-state index >= 15 is 0 Å². The molecule has 0 saturated carbocycles. The molecule has 3 heterocycles. The Hall–Kier alpha value is -2.61. The minimum atomic E-state index is -0.473. The molecule has 6 nitrogen and oxygen atoms in total. The van der Waals surface area contributed by atoms with Gasteiger partial charge in [0.1, 0.15) is 5.82 Å². The number of carbonyl (C=O) groups excluding carboxylic acids is 1. The fraction of sp³-hybridized carbons (Fsp3) is 0.440. The Kier molecular flexibility index (Phi) is 5.80. The molecule has 2 aromatic carbocycles. The van der Waals surface area contributed by atoms with E-state index in [1.54, 1.807) is 18.2 Å². The molecule has 3 aliphatic rings. The summed E-state index contributed by atoms with van der Waals surface area (Å²) in [6.45, 7) is 4.97. The summed E-state index contributed by atoms with van der Waals surface area (Å²) in [6, 6.07) is 14.3. The first-order chi connectivity index (χ1) is 15.5. The number of benzene rings is 2. The second kappa shape index (κ2) is 8.73. The second-order valence-corrected chi connectivity index (χ2v) is 8.78. The van der Waals surface area contributed by atoms with Gasteiger partial charge in [-0.05, 0) is 18.6 Å². The highest BCUT2D eigenvalue weighted by molar-refractivity contribution is 6.03. The summed E-state index contributed by atoms with van der Waals surface area (Å²) < 4.78 is 26.2. The van der Waals surface area contributed by atoms with Crippen LogP contribution in [0.15, 0.2) is 53.6 Å². The molecule has 0 N–H and O–H groups in total. The van der Waals surface area contributed by atoms with Gasteiger partial charge in [0.15, 0.2) is 5.79 Å². The Balaban J connectivity index is 1.35. The number of rotatable bonds is 4. The summed E-state index contributed by atoms with van der Waals surface area (Å²) >= 11 is 0. The third kappa shape index (κ3) is 4.20. The number of likely N-dealkylation sites (tertiary alicyclic amines) is 1. The molecule has 3 aliphatic heterocycles. The molecule has 0 aliphatic carbocycles. The van der Waals surface area contributed by atoms with Gasteiger partial charge in [-0.15, -0.1) is 0 Å². The minimum Gasteiger partial charge on any atom is -0.347 e. The van der Waals surface area contributed by atoms with Crippen LogP contribution in [-0.2, 0) is 14.3 Å². The van der Waals surface area contributed by atoms with Crippen molar-refractivity contribution in [2.24, 2.45) is 5.10 Å². The van der Waals surface area contributed by atoms with Crippen molar-refractivity contribution < 1.29 is 18.7 Å². The van der Waals surface area contributed by atoms with Gasteiger partial charge in [0.05, 0.1) is 31.5 Å². The van der Waals surface area contributed by atoms with Crippen molar-refractivity contribution in [3.63, 3.8) is 0 Å². The Labute approximate surface area is 187 Å². The molecule has 0 unspecified atom stereocenters. The number of hydrogen-bond acceptors (Lipinski definition) is 5. The molecule has 2 fully saturated rings. The maximum Gasteiger partial charge on any atom is 0.257 e. The third-order valence-electron chi connectivity index (χ3n) is 6.57. The summed E-state index contributed by atoms with van der Waals surface area (Å²) in [5.41, 5.74) is 3.39. The summed E-state index contributed by atoms with van der Waals surface area (Å²) in [5.74, 6) is -0.907. The average Bonchev–Trinajstić information content (AvgIpc) is 3.44. The van der Waals surface area contributed by atoms with Crippen LogP contribution in [0.3, 0.4) is 0 Å². The number of piperidine rings is 1. The molecule has 1 spiro atoms. The first kappa shape index (κ1) is 21.2. The summed E-state index contributed by atoms with van der Waals surface area (Å²) in [6.07, 6.45) is 1.98. The van der Waals surface area contributed by atoms with E-state index in [1.165, 1.54) is 11.1 Å². The predicted molar refractivity (Wildman–Crippen MR) is 119 cm³/mol. The molecule has 1 atom stereocenters. The van der Waals surface area contributed by atoms with Crippen molar-refractivity contribution in [3.05, 3.63) is 71.0 Å². The molecule has 168 valence electrons. The van der Waals surface area contributed by atoms with E-state index in [-0.39, 0.29) is 18.3 Å². The molecule has 0 bridgehead atoms. The van der Waals surface area contributed by atoms with E-state index in [0.717, 1.165) is 42.8 Å². The molecule has 2 aromatic rings. The number of halogens is 1. The van der Waals surface area contributed by atoms with Crippen LogP contribution in [0, 0.1) is 12.7 Å². The highest BCUT2D eigenvalue weighted by Crippen LogP contribution is 2.35. The van der Waals surface area contributed by atoms with Gasteiger partial charge in [-0.2, -0.15) is 5.10 Å². The highest BCUT2D eigenvalue weighted by Gasteiger charge is 2.41. The molecule has 5 rings (SSSR count). The van der Waals surface area contributed by atoms with Gasteiger partial charge in [-0.25, -0.2) is 9.40 Å². The maximum atomic E-state index is 14.7. The van der Waals surface area contributed by atoms with E-state index in [1.807, 2.05) is 25.1 Å². The van der Waals surface area contributed by atoms with E-state index in [2.05, 4.69) is 11.0 Å². The van der Waals surface area contributed by atoms with E-state index < -0.39 is 11.8 Å². The first-order valence-electron chi connectivity index (χ1n) is 11.2. The number of carbonyl (C=O) groups is 1. The minimum absolute atomic E-state index is 0.120. The Morgan fingerprint density at radius 3 is 2.59 bits per heavy atom. The third-order valence-corrected chi connectivity index (χ3v) is 6.57. The summed E-state index contributed by atoms with van der Waals surface area (Å²) in [7, 11) is 0. The van der Waals surface area contributed by atoms with Gasteiger partial charge in [0, 0.05) is 37.9 Å². The van der Waals surface area contributed by atoms with Crippen molar-refractivity contribution in [2.75, 3.05) is 32.8 Å². The zero-order valence-electron chi connectivity index (χ0n) is 18.3. The van der Waals surface area contributed by atoms with Crippen LogP contribution in [-0.4, -0.2) is 60.2 Å². The number of hydrazone groups is 1. The van der Waals surface area contributed by atoms with Crippen LogP contribution in [0.2, 0.25) is 0 Å². The zero-order valence-corrected chi connectivity index (χ0v) is 18.3. The lowest BCUT2D eigenvalue weighted by molar-refractivity contribution is -0.186. The van der Waals surface area contributed by atoms with E-state index in [9.17, 15) is 9.18 Å². The van der Waals surface area contributed by atoms with Gasteiger partial charge < -0.3 is 9.47 Å². The SMILES string of the molecule is Cc1cccc(C2=NN(C(=O)CN3CCC4(CC3)OCCO4)[C@@H](c3ccccc3F)C2)c1. The predicted octanol–water partition coefficient (Wildman–Crippen LogP) is 3.65. The van der Waals surface area contributed by atoms with Crippen molar-refractivity contribution in [3.8, 4) is 0 Å². The van der Waals surface area contributed by atoms with Crippen molar-refractivity contribution in [2.45, 2.75) is 38.0 Å². The van der Waals surface area contributed by atoms with Gasteiger partial charge in [-0.3, -0.25) is 9.69 Å². The lowest BCUT2D eigenvalue weighted by atomic mass is 9.97. The van der Waals surface area contributed by atoms with E-state index in [0.29, 0.717) is 25.2 Å². The number of nitrogens with zero attached hydrogens (tertiary/aromatic N) is 3. The number of aryl methyl sites for hydroxylation is 1. The Morgan fingerprint density at radius 2 is 1.88 bits per heavy atom. The van der Waals surface area contributed by atoms with Gasteiger partial charge >= 0.3 is 0 Å². The molecule has 1 amide bonds. The monoisotopic (exact) mass is 437 g/mol. The zero-order chi connectivity index (χ0) is 22.1. The van der Waals surface area contributed by atoms with E-state index in [4.69, 9.17) is 14.6 Å². The molecule has 2 saturated heterocycles. The van der Waals surface area contributed by atoms with Gasteiger partial charge in [0.2, 0.25) is 0 Å². The molecule has 0 radical (unpaired) electrons. The van der Waals surface area contributed by atoms with Crippen LogP contribution in [0.1, 0.15) is 42.0 Å². The summed E-state index contributed by atoms with van der Waals surface area (Å²) in [5, 5.41) is 6.18. The van der Waals surface area contributed by atoms with Gasteiger partial charge in [0.25, 0.3) is 5.91 Å². The molecular weight excluding hydrogens is 409 g/mol. The van der Waals surface area contributed by atoms with Crippen LogP contribution in [0.25, 0.3) is 0 Å². The van der Waals surface area contributed by atoms with Crippen molar-refractivity contribution in [1.29, 1.82) is 0 Å². The number of amides is 1. The quantitative estimate of drug-likeness (QED) is 0.733. The summed E-state index contributed by atoms with van der Waals surface area (Å²) in [4.78, 5) is 15.5. The van der Waals surface area contributed by atoms with Crippen LogP contribution in [0.4, 0.5) is 4.39 Å². The smallest absolute Gasteiger partial charge is 0.257 e. The number of ether oxygens (including phenoxy) is 2. The molecular formula is C25H28FN3O3. The number of hydrogen-bond donors (Lipinski definition) is 0. The topological polar surface area (TPSA) is 54.4 Å². The maximum absolute atomic E-state index is 14.7. The highest BCUT2D eigenvalue weighted by atomic mass is 19.1. The average molecular weight is 438 g/mol. The van der Waals surface area contributed by atoms with Crippen LogP contribution >= 0.6 is 0 Å². The van der Waals surface area contributed by atoms with Crippen LogP contribution in [0.5, 0.6) is 0 Å². The largest absolute Gasteiger partial charge is 0.347 e.